The molecule has 2 amide bonds. The Labute approximate surface area is 274 Å². The molecule has 1 aromatic carbocycles. The van der Waals surface area contributed by atoms with Gasteiger partial charge in [-0.2, -0.15) is 4.98 Å². The second-order valence-corrected chi connectivity index (χ2v) is 12.3. The van der Waals surface area contributed by atoms with Crippen molar-refractivity contribution in [2.45, 2.75) is 85.5 Å². The summed E-state index contributed by atoms with van der Waals surface area (Å²) in [6, 6.07) is 5.53. The van der Waals surface area contributed by atoms with Crippen LogP contribution in [0.1, 0.15) is 67.4 Å². The third-order valence-corrected chi connectivity index (χ3v) is 6.04. The van der Waals surface area contributed by atoms with Crippen molar-refractivity contribution in [2.24, 2.45) is 0 Å². The molecule has 256 valence electrons. The van der Waals surface area contributed by atoms with Gasteiger partial charge in [-0.25, -0.2) is 14.2 Å². The van der Waals surface area contributed by atoms with E-state index >= 15 is 0 Å². The molecule has 0 saturated heterocycles. The summed E-state index contributed by atoms with van der Waals surface area (Å²) in [5, 5.41) is 10.6. The van der Waals surface area contributed by atoms with Crippen LogP contribution in [-0.2, 0) is 20.8 Å². The first-order valence-corrected chi connectivity index (χ1v) is 16.2. The van der Waals surface area contributed by atoms with E-state index in [0.29, 0.717) is 24.8 Å². The lowest BCUT2D eigenvalue weighted by atomic mass is 10.1. The molecule has 0 aliphatic heterocycles. The van der Waals surface area contributed by atoms with Gasteiger partial charge in [0.05, 0.1) is 13.3 Å². The van der Waals surface area contributed by atoms with E-state index in [4.69, 9.17) is 4.74 Å². The van der Waals surface area contributed by atoms with E-state index in [0.717, 1.165) is 12.0 Å². The summed E-state index contributed by atoms with van der Waals surface area (Å²) in [5.74, 6) is -0.787. The van der Waals surface area contributed by atoms with Gasteiger partial charge >= 0.3 is 5.97 Å². The third-order valence-electron chi connectivity index (χ3n) is 5.54. The van der Waals surface area contributed by atoms with Crippen molar-refractivity contribution in [2.75, 3.05) is 49.4 Å². The van der Waals surface area contributed by atoms with Crippen LogP contribution in [0.25, 0.3) is 0 Å². The number of amides is 2. The normalized spacial score (nSPS) is 10.8. The first kappa shape index (κ1) is 44.0. The van der Waals surface area contributed by atoms with E-state index in [2.05, 4.69) is 29.1 Å². The molecule has 14 heteroatoms. The van der Waals surface area contributed by atoms with E-state index in [1.54, 1.807) is 59.3 Å². The number of carbonyl (C=O) groups is 3. The number of ether oxygens (including phenoxy) is 1. The molecular formula is C31H55FN6O5P2. The molecule has 0 aliphatic rings. The van der Waals surface area contributed by atoms with E-state index in [-0.39, 0.29) is 17.9 Å². The molecule has 0 fully saturated rings. The molecule has 0 radical (unpaired) electrons. The van der Waals surface area contributed by atoms with Gasteiger partial charge in [-0.05, 0) is 45.4 Å². The molecule has 11 nitrogen and oxygen atoms in total. The summed E-state index contributed by atoms with van der Waals surface area (Å²) in [6.07, 6.45) is 3.56. The number of alkyl halides is 1. The number of carboxylic acid groups (broad SMARTS) is 1. The molecule has 0 saturated carbocycles. The highest BCUT2D eigenvalue weighted by atomic mass is 31.1. The van der Waals surface area contributed by atoms with Crippen molar-refractivity contribution in [3.8, 4) is 5.75 Å². The Morgan fingerprint density at radius 3 is 1.93 bits per heavy atom. The van der Waals surface area contributed by atoms with E-state index in [1.807, 2.05) is 51.1 Å². The predicted molar refractivity (Wildman–Crippen MR) is 190 cm³/mol. The Bertz CT molecular complexity index is 1130. The molecule has 2 N–H and O–H groups in total. The average Bonchev–Trinajstić information content (AvgIpc) is 2.99. The van der Waals surface area contributed by atoms with Crippen LogP contribution < -0.4 is 19.9 Å². The number of aromatic nitrogens is 2. The zero-order valence-electron chi connectivity index (χ0n) is 28.8. The molecule has 0 spiro atoms. The second kappa shape index (κ2) is 23.3. The number of benzene rings is 1. The number of methoxy groups -OCH3 is 1. The Kier molecular flexibility index (Phi) is 22.8. The zero-order valence-corrected chi connectivity index (χ0v) is 31.1. The Hall–Kier alpha value is -3.10. The summed E-state index contributed by atoms with van der Waals surface area (Å²) in [6.45, 7) is 16.9. The fourth-order valence-electron chi connectivity index (χ4n) is 3.48. The number of carbonyl (C=O) groups excluding carboxylic acids is 2. The van der Waals surface area contributed by atoms with Crippen LogP contribution >= 0.6 is 18.5 Å². The molecule has 2 rings (SSSR count). The van der Waals surface area contributed by atoms with Gasteiger partial charge in [0, 0.05) is 39.6 Å². The monoisotopic (exact) mass is 672 g/mol. The molecule has 1 aromatic heterocycles. The first-order chi connectivity index (χ1) is 21.1. The highest BCUT2D eigenvalue weighted by Crippen LogP contribution is 2.36. The number of hydrogen-bond donors (Lipinski definition) is 2. The van der Waals surface area contributed by atoms with Crippen molar-refractivity contribution < 1.29 is 28.6 Å². The van der Waals surface area contributed by atoms with Gasteiger partial charge in [0.25, 0.3) is 5.91 Å². The Morgan fingerprint density at radius 2 is 1.58 bits per heavy atom. The minimum atomic E-state index is -2.31. The van der Waals surface area contributed by atoms with Crippen LogP contribution in [0.2, 0.25) is 0 Å². The van der Waals surface area contributed by atoms with Crippen LogP contribution in [0.5, 0.6) is 5.75 Å². The highest BCUT2D eigenvalue weighted by molar-refractivity contribution is 7.42. The van der Waals surface area contributed by atoms with Gasteiger partial charge in [-0.1, -0.05) is 64.7 Å². The number of hydrogen-bond acceptors (Lipinski definition) is 8. The number of rotatable bonds is 13. The number of aliphatic carboxylic acids is 1. The van der Waals surface area contributed by atoms with Gasteiger partial charge < -0.3 is 29.9 Å². The van der Waals surface area contributed by atoms with E-state index < -0.39 is 29.1 Å². The lowest BCUT2D eigenvalue weighted by Gasteiger charge is -2.32. The third kappa shape index (κ3) is 16.2. The van der Waals surface area contributed by atoms with Crippen molar-refractivity contribution in [1.29, 1.82) is 0 Å². The van der Waals surface area contributed by atoms with Crippen molar-refractivity contribution in [1.82, 2.24) is 14.9 Å². The van der Waals surface area contributed by atoms with Crippen LogP contribution in [0.15, 0.2) is 30.5 Å². The molecule has 45 heavy (non-hydrogen) atoms. The maximum absolute atomic E-state index is 14.6. The average molecular weight is 673 g/mol. The quantitative estimate of drug-likeness (QED) is 0.203. The fourth-order valence-corrected chi connectivity index (χ4v) is 3.75. The molecule has 2 aromatic rings. The number of nitrogens with one attached hydrogen (secondary N) is 1. The minimum Gasteiger partial charge on any atom is -0.497 e. The molecule has 0 bridgehead atoms. The highest BCUT2D eigenvalue weighted by Gasteiger charge is 2.36. The topological polar surface area (TPSA) is 128 Å². The van der Waals surface area contributed by atoms with Crippen LogP contribution in [-0.4, -0.2) is 89.8 Å². The van der Waals surface area contributed by atoms with Crippen molar-refractivity contribution in [3.05, 3.63) is 36.0 Å². The number of halogens is 1. The van der Waals surface area contributed by atoms with Gasteiger partial charge in [-0.3, -0.25) is 9.59 Å². The molecule has 3 atom stereocenters. The maximum Gasteiger partial charge on any atom is 0.326 e. The standard InChI is InChI=1S/C23H34FN5O4P2.C3H7NO.C3H8.C2H6/c1-6-28(7-2)22-25-13-18(29(14(3)4)21(32)23(24,34)35)19(27-22)26-17(20(30)31)12-15-8-10-16(33-5)11-9-15;1-4(2)3-5;1-3-2;1-2/h8-11,13-14,17H,6-7,12,34-35H2,1-5H3,(H,30,31)(H,25,26,27);3H,1-2H3;3H2,1-2H3;1-2H3. The maximum atomic E-state index is 14.6. The minimum absolute atomic E-state index is 0.129. The largest absolute Gasteiger partial charge is 0.497 e. The summed E-state index contributed by atoms with van der Waals surface area (Å²) in [7, 11) is 8.66. The molecule has 0 aliphatic carbocycles. The summed E-state index contributed by atoms with van der Waals surface area (Å²) >= 11 is 0. The number of anilines is 3. The van der Waals surface area contributed by atoms with Crippen LogP contribution in [0.3, 0.4) is 0 Å². The van der Waals surface area contributed by atoms with Gasteiger partial charge in [0.2, 0.25) is 17.5 Å². The second-order valence-electron chi connectivity index (χ2n) is 9.98. The van der Waals surface area contributed by atoms with Crippen molar-refractivity contribution >= 4 is 54.2 Å². The van der Waals surface area contributed by atoms with Crippen LogP contribution in [0, 0.1) is 0 Å². The summed E-state index contributed by atoms with van der Waals surface area (Å²) in [5.41, 5.74) is 0.952. The smallest absolute Gasteiger partial charge is 0.326 e. The Balaban J connectivity index is 0. The van der Waals surface area contributed by atoms with E-state index in [1.165, 1.54) is 22.4 Å². The number of carboxylic acids is 1. The fraction of sp³-hybridized carbons (Fsp3) is 0.581. The molecule has 1 heterocycles. The summed E-state index contributed by atoms with van der Waals surface area (Å²) in [4.78, 5) is 48.1. The van der Waals surface area contributed by atoms with Gasteiger partial charge in [0.1, 0.15) is 17.5 Å². The zero-order chi connectivity index (χ0) is 35.3. The SMILES string of the molecule is CC.CCC.CCN(CC)c1ncc(N(C(=O)C(F)(P)P)C(C)C)c(NC(Cc2ccc(OC)cc2)C(=O)O)n1.CN(C)C=O. The Morgan fingerprint density at radius 1 is 1.09 bits per heavy atom. The van der Waals surface area contributed by atoms with E-state index in [9.17, 15) is 23.9 Å². The molecule has 3 unspecified atom stereocenters. The first-order valence-electron chi connectivity index (χ1n) is 15.1. The lowest BCUT2D eigenvalue weighted by molar-refractivity contribution is -0.137. The van der Waals surface area contributed by atoms with Gasteiger partial charge in [0.15, 0.2) is 5.82 Å². The molecular weight excluding hydrogens is 617 g/mol. The van der Waals surface area contributed by atoms with Gasteiger partial charge in [-0.15, -0.1) is 0 Å². The predicted octanol–water partition coefficient (Wildman–Crippen LogP) is 5.70. The summed E-state index contributed by atoms with van der Waals surface area (Å²) < 4.78 is 19.8. The number of nitrogens with zero attached hydrogens (tertiary/aromatic N) is 5. The van der Waals surface area contributed by atoms with Crippen LogP contribution in [0.4, 0.5) is 21.8 Å². The van der Waals surface area contributed by atoms with Crippen molar-refractivity contribution in [3.63, 3.8) is 0 Å². The lowest BCUT2D eigenvalue weighted by Crippen LogP contribution is -2.45.